The van der Waals surface area contributed by atoms with Crippen LogP contribution in [0.5, 0.6) is 0 Å². The molecule has 0 amide bonds. The number of thiol groups is 1. The maximum Gasteiger partial charge on any atom is 0.0343 e. The van der Waals surface area contributed by atoms with Gasteiger partial charge in [0, 0.05) is 18.0 Å². The normalized spacial score (nSPS) is 14.9. The van der Waals surface area contributed by atoms with Crippen LogP contribution in [0.4, 0.5) is 5.69 Å². The number of fused-ring (bicyclic) bond motifs is 1. The minimum atomic E-state index is 0.886. The zero-order valence-corrected chi connectivity index (χ0v) is 9.32. The average Bonchev–Trinajstić information content (AvgIpc) is 2.26. The maximum atomic E-state index is 4.19. The van der Waals surface area contributed by atoms with E-state index in [4.69, 9.17) is 0 Å². The first-order valence-corrected chi connectivity index (χ1v) is 6.00. The maximum absolute atomic E-state index is 4.19. The van der Waals surface area contributed by atoms with Gasteiger partial charge in [0.1, 0.15) is 0 Å². The van der Waals surface area contributed by atoms with Crippen LogP contribution in [0.3, 0.4) is 0 Å². The Morgan fingerprint density at radius 1 is 1.14 bits per heavy atom. The molecule has 0 aliphatic heterocycles. The molecule has 0 saturated carbocycles. The second-order valence-electron chi connectivity index (χ2n) is 3.84. The van der Waals surface area contributed by atoms with Crippen LogP contribution >= 0.6 is 12.6 Å². The Hall–Kier alpha value is -0.630. The minimum Gasteiger partial charge on any atom is -0.384 e. The SMILES string of the molecule is SCCNc1ccc2c(c1)CCCC2. The molecule has 14 heavy (non-hydrogen) atoms. The van der Waals surface area contributed by atoms with Crippen molar-refractivity contribution in [3.05, 3.63) is 29.3 Å². The molecule has 2 heteroatoms. The Bertz CT molecular complexity index is 309. The summed E-state index contributed by atoms with van der Waals surface area (Å²) in [5.41, 5.74) is 4.34. The molecule has 0 heterocycles. The zero-order chi connectivity index (χ0) is 9.80. The average molecular weight is 207 g/mol. The van der Waals surface area contributed by atoms with E-state index in [0.29, 0.717) is 0 Å². The van der Waals surface area contributed by atoms with E-state index >= 15 is 0 Å². The first kappa shape index (κ1) is 9.91. The Kier molecular flexibility index (Phi) is 3.35. The third kappa shape index (κ3) is 2.24. The van der Waals surface area contributed by atoms with Gasteiger partial charge in [0.05, 0.1) is 0 Å². The van der Waals surface area contributed by atoms with E-state index in [9.17, 15) is 0 Å². The molecule has 0 atom stereocenters. The summed E-state index contributed by atoms with van der Waals surface area (Å²) in [4.78, 5) is 0. The van der Waals surface area contributed by atoms with Crippen molar-refractivity contribution in [1.29, 1.82) is 0 Å². The van der Waals surface area contributed by atoms with E-state index in [1.807, 2.05) is 0 Å². The van der Waals surface area contributed by atoms with Gasteiger partial charge >= 0.3 is 0 Å². The highest BCUT2D eigenvalue weighted by atomic mass is 32.1. The van der Waals surface area contributed by atoms with Gasteiger partial charge in [0.25, 0.3) is 0 Å². The lowest BCUT2D eigenvalue weighted by molar-refractivity contribution is 0.686. The third-order valence-electron chi connectivity index (χ3n) is 2.79. The topological polar surface area (TPSA) is 12.0 Å². The molecule has 1 nitrogen and oxygen atoms in total. The summed E-state index contributed by atoms with van der Waals surface area (Å²) in [5, 5.41) is 3.37. The van der Waals surface area contributed by atoms with Crippen molar-refractivity contribution < 1.29 is 0 Å². The Balaban J connectivity index is 2.12. The summed E-state index contributed by atoms with van der Waals surface area (Å²) in [6, 6.07) is 6.76. The molecule has 0 fully saturated rings. The van der Waals surface area contributed by atoms with Gasteiger partial charge in [-0.15, -0.1) is 0 Å². The van der Waals surface area contributed by atoms with Crippen LogP contribution in [0.2, 0.25) is 0 Å². The fourth-order valence-corrected chi connectivity index (χ4v) is 2.16. The van der Waals surface area contributed by atoms with E-state index < -0.39 is 0 Å². The van der Waals surface area contributed by atoms with Gasteiger partial charge in [-0.2, -0.15) is 12.6 Å². The largest absolute Gasteiger partial charge is 0.384 e. The van der Waals surface area contributed by atoms with Crippen LogP contribution in [0, 0.1) is 0 Å². The lowest BCUT2D eigenvalue weighted by Gasteiger charge is -2.16. The fourth-order valence-electron chi connectivity index (χ4n) is 2.04. The second kappa shape index (κ2) is 4.74. The molecule has 0 saturated heterocycles. The lowest BCUT2D eigenvalue weighted by Crippen LogP contribution is -2.06. The van der Waals surface area contributed by atoms with Gasteiger partial charge in [-0.25, -0.2) is 0 Å². The van der Waals surface area contributed by atoms with Gasteiger partial charge in [-0.1, -0.05) is 6.07 Å². The summed E-state index contributed by atoms with van der Waals surface area (Å²) in [6.07, 6.45) is 5.23. The molecule has 0 bridgehead atoms. The predicted octanol–water partition coefficient (Wildman–Crippen LogP) is 2.91. The van der Waals surface area contributed by atoms with Crippen LogP contribution in [-0.4, -0.2) is 12.3 Å². The Morgan fingerprint density at radius 3 is 2.71 bits per heavy atom. The van der Waals surface area contributed by atoms with E-state index in [2.05, 4.69) is 36.1 Å². The number of hydrogen-bond acceptors (Lipinski definition) is 2. The second-order valence-corrected chi connectivity index (χ2v) is 4.29. The molecule has 1 aromatic carbocycles. The van der Waals surface area contributed by atoms with Gasteiger partial charge in [-0.3, -0.25) is 0 Å². The molecular weight excluding hydrogens is 190 g/mol. The van der Waals surface area contributed by atoms with Crippen molar-refractivity contribution in [2.75, 3.05) is 17.6 Å². The zero-order valence-electron chi connectivity index (χ0n) is 8.42. The van der Waals surface area contributed by atoms with Gasteiger partial charge in [0.15, 0.2) is 0 Å². The molecule has 2 rings (SSSR count). The molecule has 1 aromatic rings. The van der Waals surface area contributed by atoms with E-state index in [1.54, 1.807) is 11.1 Å². The quantitative estimate of drug-likeness (QED) is 0.726. The Morgan fingerprint density at radius 2 is 1.93 bits per heavy atom. The third-order valence-corrected chi connectivity index (χ3v) is 3.01. The molecule has 0 spiro atoms. The summed E-state index contributed by atoms with van der Waals surface area (Å²) in [6.45, 7) is 0.946. The summed E-state index contributed by atoms with van der Waals surface area (Å²) in [5.74, 6) is 0.886. The highest BCUT2D eigenvalue weighted by molar-refractivity contribution is 7.80. The van der Waals surface area contributed by atoms with Crippen molar-refractivity contribution in [2.24, 2.45) is 0 Å². The van der Waals surface area contributed by atoms with Crippen LogP contribution in [0.15, 0.2) is 18.2 Å². The van der Waals surface area contributed by atoms with Crippen molar-refractivity contribution in [2.45, 2.75) is 25.7 Å². The molecule has 1 aliphatic carbocycles. The van der Waals surface area contributed by atoms with Gasteiger partial charge in [-0.05, 0) is 48.9 Å². The van der Waals surface area contributed by atoms with Crippen molar-refractivity contribution >= 4 is 18.3 Å². The van der Waals surface area contributed by atoms with Crippen LogP contribution in [0.25, 0.3) is 0 Å². The van der Waals surface area contributed by atoms with Crippen LogP contribution in [0.1, 0.15) is 24.0 Å². The first-order valence-electron chi connectivity index (χ1n) is 5.36. The standard InChI is InChI=1S/C12H17NS/c14-8-7-13-12-6-5-10-3-1-2-4-11(10)9-12/h5-6,9,13-14H,1-4,7-8H2. The molecule has 76 valence electrons. The van der Waals surface area contributed by atoms with Gasteiger partial charge in [0.2, 0.25) is 0 Å². The first-order chi connectivity index (χ1) is 6.90. The van der Waals surface area contributed by atoms with Crippen LogP contribution in [-0.2, 0) is 12.8 Å². The number of nitrogens with one attached hydrogen (secondary N) is 1. The minimum absolute atomic E-state index is 0.886. The molecule has 0 unspecified atom stereocenters. The summed E-state index contributed by atoms with van der Waals surface area (Å²) in [7, 11) is 0. The number of hydrogen-bond donors (Lipinski definition) is 2. The molecule has 1 N–H and O–H groups in total. The Labute approximate surface area is 91.3 Å². The van der Waals surface area contributed by atoms with E-state index in [1.165, 1.54) is 31.4 Å². The number of rotatable bonds is 3. The molecule has 0 radical (unpaired) electrons. The number of aryl methyl sites for hydroxylation is 2. The summed E-state index contributed by atoms with van der Waals surface area (Å²) >= 11 is 4.19. The smallest absolute Gasteiger partial charge is 0.0343 e. The molecule has 0 aromatic heterocycles. The highest BCUT2D eigenvalue weighted by Gasteiger charge is 2.08. The lowest BCUT2D eigenvalue weighted by atomic mass is 9.91. The monoisotopic (exact) mass is 207 g/mol. The van der Waals surface area contributed by atoms with E-state index in [-0.39, 0.29) is 0 Å². The van der Waals surface area contributed by atoms with Crippen molar-refractivity contribution in [3.8, 4) is 0 Å². The van der Waals surface area contributed by atoms with Crippen LogP contribution < -0.4 is 5.32 Å². The highest BCUT2D eigenvalue weighted by Crippen LogP contribution is 2.23. The molecular formula is C12H17NS. The van der Waals surface area contributed by atoms with Crippen molar-refractivity contribution in [3.63, 3.8) is 0 Å². The van der Waals surface area contributed by atoms with E-state index in [0.717, 1.165) is 12.3 Å². The summed E-state index contributed by atoms with van der Waals surface area (Å²) < 4.78 is 0. The van der Waals surface area contributed by atoms with Gasteiger partial charge < -0.3 is 5.32 Å². The van der Waals surface area contributed by atoms with Crippen molar-refractivity contribution in [1.82, 2.24) is 0 Å². The molecule has 1 aliphatic rings. The number of benzene rings is 1. The predicted molar refractivity (Wildman–Crippen MR) is 65.4 cm³/mol. The fraction of sp³-hybridized carbons (Fsp3) is 0.500. The number of anilines is 1.